The minimum atomic E-state index is -0.460. The minimum absolute atomic E-state index is 0.321. The van der Waals surface area contributed by atoms with Crippen LogP contribution in [0.2, 0.25) is 5.02 Å². The summed E-state index contributed by atoms with van der Waals surface area (Å²) in [6, 6.07) is 7.75. The van der Waals surface area contributed by atoms with Crippen molar-refractivity contribution in [2.75, 3.05) is 13.2 Å². The molecule has 3 unspecified atom stereocenters. The maximum Gasteiger partial charge on any atom is 0.0897 e. The summed E-state index contributed by atoms with van der Waals surface area (Å²) in [6.07, 6.45) is 4.79. The molecule has 2 rings (SSSR count). The quantitative estimate of drug-likeness (QED) is 0.811. The largest absolute Gasteiger partial charge is 0.389 e. The zero-order valence-electron chi connectivity index (χ0n) is 12.7. The Balaban J connectivity index is 1.62. The average molecular weight is 312 g/mol. The van der Waals surface area contributed by atoms with Crippen LogP contribution < -0.4 is 5.32 Å². The Morgan fingerprint density at radius 3 is 2.95 bits per heavy atom. The normalized spacial score (nSPS) is 24.0. The van der Waals surface area contributed by atoms with E-state index in [0.717, 1.165) is 17.0 Å². The van der Waals surface area contributed by atoms with Crippen LogP contribution in [0.1, 0.15) is 38.2 Å². The molecule has 0 radical (unpaired) electrons. The third-order valence-electron chi connectivity index (χ3n) is 4.13. The first-order valence-electron chi connectivity index (χ1n) is 7.90. The molecule has 4 heteroatoms. The second-order valence-electron chi connectivity index (χ2n) is 6.05. The Morgan fingerprint density at radius 1 is 1.38 bits per heavy atom. The molecule has 3 atom stereocenters. The summed E-state index contributed by atoms with van der Waals surface area (Å²) in [6.45, 7) is 3.90. The standard InChI is InChI=1S/C17H26ClNO2/c1-13-5-2-3-8-17(13)21-12-16(20)11-19-10-14-6-4-7-15(18)9-14/h4,6-7,9,13,16-17,19-20H,2-3,5,8,10-12H2,1H3. The van der Waals surface area contributed by atoms with Crippen molar-refractivity contribution in [3.05, 3.63) is 34.9 Å². The maximum atomic E-state index is 9.99. The van der Waals surface area contributed by atoms with Gasteiger partial charge in [0.25, 0.3) is 0 Å². The van der Waals surface area contributed by atoms with Crippen LogP contribution in [0.15, 0.2) is 24.3 Å². The molecule has 1 fully saturated rings. The molecule has 0 amide bonds. The predicted molar refractivity (Wildman–Crippen MR) is 86.5 cm³/mol. The smallest absolute Gasteiger partial charge is 0.0897 e. The molecule has 1 aromatic carbocycles. The molecule has 1 aromatic rings. The van der Waals surface area contributed by atoms with Gasteiger partial charge in [-0.2, -0.15) is 0 Å². The van der Waals surface area contributed by atoms with E-state index in [1.807, 2.05) is 24.3 Å². The maximum absolute atomic E-state index is 9.99. The number of benzene rings is 1. The molecule has 0 spiro atoms. The summed E-state index contributed by atoms with van der Waals surface area (Å²) in [4.78, 5) is 0. The molecular formula is C17H26ClNO2. The minimum Gasteiger partial charge on any atom is -0.389 e. The van der Waals surface area contributed by atoms with E-state index in [1.54, 1.807) is 0 Å². The van der Waals surface area contributed by atoms with Crippen molar-refractivity contribution >= 4 is 11.6 Å². The molecule has 21 heavy (non-hydrogen) atoms. The van der Waals surface area contributed by atoms with Gasteiger partial charge in [-0.25, -0.2) is 0 Å². The first-order chi connectivity index (χ1) is 10.1. The topological polar surface area (TPSA) is 41.5 Å². The van der Waals surface area contributed by atoms with Gasteiger partial charge in [-0.3, -0.25) is 0 Å². The zero-order valence-corrected chi connectivity index (χ0v) is 13.5. The van der Waals surface area contributed by atoms with E-state index in [0.29, 0.717) is 31.7 Å². The number of hydrogen-bond donors (Lipinski definition) is 2. The van der Waals surface area contributed by atoms with E-state index in [4.69, 9.17) is 16.3 Å². The molecule has 1 aliphatic carbocycles. The molecule has 0 saturated heterocycles. The number of ether oxygens (including phenoxy) is 1. The Hall–Kier alpha value is -0.610. The Bertz CT molecular complexity index is 427. The number of nitrogens with one attached hydrogen (secondary N) is 1. The van der Waals surface area contributed by atoms with Gasteiger partial charge in [-0.05, 0) is 36.5 Å². The first kappa shape index (κ1) is 16.8. The van der Waals surface area contributed by atoms with E-state index in [9.17, 15) is 5.11 Å². The van der Waals surface area contributed by atoms with Crippen LogP contribution in [-0.4, -0.2) is 30.5 Å². The molecule has 0 aromatic heterocycles. The molecule has 1 saturated carbocycles. The van der Waals surface area contributed by atoms with E-state index in [2.05, 4.69) is 12.2 Å². The van der Waals surface area contributed by atoms with Gasteiger partial charge in [0.2, 0.25) is 0 Å². The van der Waals surface area contributed by atoms with Crippen molar-refractivity contribution in [1.82, 2.24) is 5.32 Å². The number of aliphatic hydroxyl groups excluding tert-OH is 1. The van der Waals surface area contributed by atoms with Gasteiger partial charge in [-0.1, -0.05) is 43.5 Å². The summed E-state index contributed by atoms with van der Waals surface area (Å²) in [7, 11) is 0. The van der Waals surface area contributed by atoms with Crippen molar-refractivity contribution in [2.45, 2.75) is 51.4 Å². The zero-order chi connectivity index (χ0) is 15.1. The van der Waals surface area contributed by atoms with Gasteiger partial charge in [-0.15, -0.1) is 0 Å². The predicted octanol–water partition coefficient (Wildman–Crippen LogP) is 3.39. The fourth-order valence-electron chi connectivity index (χ4n) is 2.85. The fraction of sp³-hybridized carbons (Fsp3) is 0.647. The molecule has 0 aliphatic heterocycles. The second-order valence-corrected chi connectivity index (χ2v) is 6.48. The Morgan fingerprint density at radius 2 is 2.19 bits per heavy atom. The Kier molecular flexibility index (Phi) is 6.97. The molecule has 0 bridgehead atoms. The summed E-state index contributed by atoms with van der Waals surface area (Å²) in [5, 5.41) is 14.0. The van der Waals surface area contributed by atoms with Crippen LogP contribution in [0.4, 0.5) is 0 Å². The van der Waals surface area contributed by atoms with E-state index >= 15 is 0 Å². The fourth-order valence-corrected chi connectivity index (χ4v) is 3.07. The van der Waals surface area contributed by atoms with Crippen LogP contribution >= 0.6 is 11.6 Å². The second kappa shape index (κ2) is 8.74. The van der Waals surface area contributed by atoms with Crippen molar-refractivity contribution in [2.24, 2.45) is 5.92 Å². The van der Waals surface area contributed by atoms with Gasteiger partial charge >= 0.3 is 0 Å². The van der Waals surface area contributed by atoms with Gasteiger partial charge in [0.1, 0.15) is 0 Å². The van der Waals surface area contributed by atoms with Gasteiger partial charge < -0.3 is 15.2 Å². The van der Waals surface area contributed by atoms with E-state index in [1.165, 1.54) is 19.3 Å². The highest BCUT2D eigenvalue weighted by atomic mass is 35.5. The van der Waals surface area contributed by atoms with Crippen molar-refractivity contribution in [3.63, 3.8) is 0 Å². The molecule has 2 N–H and O–H groups in total. The molecular weight excluding hydrogens is 286 g/mol. The lowest BCUT2D eigenvalue weighted by Crippen LogP contribution is -2.34. The average Bonchev–Trinajstić information content (AvgIpc) is 2.46. The summed E-state index contributed by atoms with van der Waals surface area (Å²) >= 11 is 5.94. The Labute approximate surface area is 132 Å². The van der Waals surface area contributed by atoms with Crippen molar-refractivity contribution < 1.29 is 9.84 Å². The molecule has 3 nitrogen and oxygen atoms in total. The van der Waals surface area contributed by atoms with Crippen LogP contribution in [0.5, 0.6) is 0 Å². The number of halogens is 1. The molecule has 0 heterocycles. The van der Waals surface area contributed by atoms with Crippen LogP contribution in [0.25, 0.3) is 0 Å². The summed E-state index contributed by atoms with van der Waals surface area (Å²) < 4.78 is 5.87. The number of hydrogen-bond acceptors (Lipinski definition) is 3. The summed E-state index contributed by atoms with van der Waals surface area (Å²) in [5.41, 5.74) is 1.12. The van der Waals surface area contributed by atoms with E-state index in [-0.39, 0.29) is 0 Å². The molecule has 1 aliphatic rings. The number of aliphatic hydroxyl groups is 1. The lowest BCUT2D eigenvalue weighted by Gasteiger charge is -2.29. The highest BCUT2D eigenvalue weighted by Gasteiger charge is 2.22. The monoisotopic (exact) mass is 311 g/mol. The molecule has 118 valence electrons. The third kappa shape index (κ3) is 5.95. The first-order valence-corrected chi connectivity index (χ1v) is 8.28. The summed E-state index contributed by atoms with van der Waals surface area (Å²) in [5.74, 6) is 0.616. The van der Waals surface area contributed by atoms with Crippen LogP contribution in [0, 0.1) is 5.92 Å². The van der Waals surface area contributed by atoms with Gasteiger partial charge in [0.15, 0.2) is 0 Å². The highest BCUT2D eigenvalue weighted by Crippen LogP contribution is 2.26. The van der Waals surface area contributed by atoms with Crippen LogP contribution in [0.3, 0.4) is 0 Å². The van der Waals surface area contributed by atoms with Gasteiger partial charge in [0, 0.05) is 18.1 Å². The van der Waals surface area contributed by atoms with Gasteiger partial charge in [0.05, 0.1) is 18.8 Å². The highest BCUT2D eigenvalue weighted by molar-refractivity contribution is 6.30. The van der Waals surface area contributed by atoms with Crippen LogP contribution in [-0.2, 0) is 11.3 Å². The lowest BCUT2D eigenvalue weighted by atomic mass is 9.88. The SMILES string of the molecule is CC1CCCCC1OCC(O)CNCc1cccc(Cl)c1. The van der Waals surface area contributed by atoms with E-state index < -0.39 is 6.10 Å². The third-order valence-corrected chi connectivity index (χ3v) is 4.37. The lowest BCUT2D eigenvalue weighted by molar-refractivity contribution is -0.0452. The van der Waals surface area contributed by atoms with Crippen molar-refractivity contribution in [1.29, 1.82) is 0 Å². The number of rotatable bonds is 7. The van der Waals surface area contributed by atoms with Crippen molar-refractivity contribution in [3.8, 4) is 0 Å².